The average molecular weight is 224 g/mol. The number of nitrogens with one attached hydrogen (secondary N) is 1. The molecule has 0 atom stereocenters. The summed E-state index contributed by atoms with van der Waals surface area (Å²) in [5.41, 5.74) is 3.59. The van der Waals surface area contributed by atoms with E-state index in [-0.39, 0.29) is 6.61 Å². The van der Waals surface area contributed by atoms with Crippen LogP contribution >= 0.6 is 0 Å². The molecule has 88 valence electrons. The van der Waals surface area contributed by atoms with Gasteiger partial charge in [-0.15, -0.1) is 0 Å². The molecule has 0 radical (unpaired) electrons. The Morgan fingerprint density at radius 2 is 2.06 bits per heavy atom. The zero-order valence-electron chi connectivity index (χ0n) is 9.43. The Hall–Kier alpha value is -1.75. The molecule has 1 aromatic rings. The van der Waals surface area contributed by atoms with Crippen molar-refractivity contribution in [3.8, 4) is 11.5 Å². The number of hydrazone groups is 1. The van der Waals surface area contributed by atoms with Gasteiger partial charge in [-0.3, -0.25) is 0 Å². The molecule has 0 bridgehead atoms. The minimum absolute atomic E-state index is 0.0588. The molecule has 5 nitrogen and oxygen atoms in total. The minimum atomic E-state index is 0.0588. The molecular weight excluding hydrogens is 208 g/mol. The molecule has 0 spiro atoms. The van der Waals surface area contributed by atoms with E-state index in [1.54, 1.807) is 20.4 Å². The lowest BCUT2D eigenvalue weighted by Gasteiger charge is -2.07. The van der Waals surface area contributed by atoms with Crippen LogP contribution in [0.1, 0.15) is 5.56 Å². The Morgan fingerprint density at radius 1 is 1.31 bits per heavy atom. The Bertz CT molecular complexity index is 353. The zero-order valence-corrected chi connectivity index (χ0v) is 9.43. The fourth-order valence-corrected chi connectivity index (χ4v) is 1.17. The molecule has 2 N–H and O–H groups in total. The summed E-state index contributed by atoms with van der Waals surface area (Å²) < 4.78 is 10.3. The van der Waals surface area contributed by atoms with E-state index >= 15 is 0 Å². The van der Waals surface area contributed by atoms with Crippen molar-refractivity contribution in [2.24, 2.45) is 5.10 Å². The molecule has 16 heavy (non-hydrogen) atoms. The van der Waals surface area contributed by atoms with Gasteiger partial charge in [-0.05, 0) is 23.8 Å². The summed E-state index contributed by atoms with van der Waals surface area (Å²) in [6.07, 6.45) is 1.65. The highest BCUT2D eigenvalue weighted by Crippen LogP contribution is 2.26. The number of nitrogens with zero attached hydrogens (tertiary/aromatic N) is 1. The molecule has 1 aromatic carbocycles. The highest BCUT2D eigenvalue weighted by atomic mass is 16.5. The molecule has 0 aromatic heterocycles. The number of aliphatic hydroxyl groups excluding tert-OH is 1. The molecular formula is C11H16N2O3. The quantitative estimate of drug-likeness (QED) is 0.422. The highest BCUT2D eigenvalue weighted by Gasteiger charge is 2.02. The van der Waals surface area contributed by atoms with Crippen molar-refractivity contribution < 1.29 is 14.6 Å². The summed E-state index contributed by atoms with van der Waals surface area (Å²) >= 11 is 0. The fourth-order valence-electron chi connectivity index (χ4n) is 1.17. The third kappa shape index (κ3) is 3.43. The maximum atomic E-state index is 8.54. The Kier molecular flexibility index (Phi) is 5.15. The average Bonchev–Trinajstić information content (AvgIpc) is 2.34. The smallest absolute Gasteiger partial charge is 0.161 e. The standard InChI is InChI=1S/C11H16N2O3/c1-15-10-4-3-9(7-11(10)16-2)8-13-12-5-6-14/h3-4,7-8,12,14H,5-6H2,1-2H3/b13-8+. The molecule has 5 heteroatoms. The maximum absolute atomic E-state index is 8.54. The van der Waals surface area contributed by atoms with Crippen LogP contribution in [0.15, 0.2) is 23.3 Å². The predicted molar refractivity (Wildman–Crippen MR) is 62.2 cm³/mol. The van der Waals surface area contributed by atoms with Gasteiger partial charge in [0.25, 0.3) is 0 Å². The molecule has 0 saturated heterocycles. The van der Waals surface area contributed by atoms with Gasteiger partial charge in [0.15, 0.2) is 11.5 Å². The molecule has 0 fully saturated rings. The van der Waals surface area contributed by atoms with Crippen LogP contribution < -0.4 is 14.9 Å². The third-order valence-corrected chi connectivity index (χ3v) is 1.94. The van der Waals surface area contributed by atoms with E-state index in [0.29, 0.717) is 18.0 Å². The summed E-state index contributed by atoms with van der Waals surface area (Å²) in [5, 5.41) is 12.5. The van der Waals surface area contributed by atoms with Crippen LogP contribution in [-0.2, 0) is 0 Å². The largest absolute Gasteiger partial charge is 0.493 e. The van der Waals surface area contributed by atoms with Crippen LogP contribution in [-0.4, -0.2) is 38.7 Å². The topological polar surface area (TPSA) is 63.1 Å². The van der Waals surface area contributed by atoms with Gasteiger partial charge in [0, 0.05) is 0 Å². The first kappa shape index (κ1) is 12.3. The predicted octanol–water partition coefficient (Wildman–Crippen LogP) is 0.620. The first-order valence-electron chi connectivity index (χ1n) is 4.90. The Morgan fingerprint density at radius 3 is 2.69 bits per heavy atom. The van der Waals surface area contributed by atoms with Gasteiger partial charge in [-0.1, -0.05) is 0 Å². The van der Waals surface area contributed by atoms with Crippen LogP contribution in [0.4, 0.5) is 0 Å². The number of methoxy groups -OCH3 is 2. The van der Waals surface area contributed by atoms with Crippen molar-refractivity contribution in [2.75, 3.05) is 27.4 Å². The summed E-state index contributed by atoms with van der Waals surface area (Å²) in [7, 11) is 3.18. The summed E-state index contributed by atoms with van der Waals surface area (Å²) in [6, 6.07) is 5.50. The van der Waals surface area contributed by atoms with Crippen molar-refractivity contribution in [1.82, 2.24) is 5.43 Å². The Balaban J connectivity index is 2.71. The van der Waals surface area contributed by atoms with Gasteiger partial charge in [0.1, 0.15) is 0 Å². The van der Waals surface area contributed by atoms with Crippen molar-refractivity contribution >= 4 is 6.21 Å². The molecule has 0 saturated carbocycles. The number of hydrogen-bond donors (Lipinski definition) is 2. The number of rotatable bonds is 6. The normalized spacial score (nSPS) is 10.4. The molecule has 0 heterocycles. The summed E-state index contributed by atoms with van der Waals surface area (Å²) in [5.74, 6) is 1.34. The third-order valence-electron chi connectivity index (χ3n) is 1.94. The lowest BCUT2D eigenvalue weighted by atomic mass is 10.2. The molecule has 1 rings (SSSR count). The fraction of sp³-hybridized carbons (Fsp3) is 0.364. The Labute approximate surface area is 94.7 Å². The van der Waals surface area contributed by atoms with Gasteiger partial charge in [0.05, 0.1) is 33.6 Å². The first-order chi connectivity index (χ1) is 7.81. The molecule has 0 aliphatic rings. The van der Waals surface area contributed by atoms with Gasteiger partial charge in [-0.25, -0.2) is 0 Å². The zero-order chi connectivity index (χ0) is 11.8. The summed E-state index contributed by atoms with van der Waals surface area (Å²) in [6.45, 7) is 0.493. The SMILES string of the molecule is COc1ccc(/C=N/NCCO)cc1OC. The van der Waals surface area contributed by atoms with Gasteiger partial charge >= 0.3 is 0 Å². The van der Waals surface area contributed by atoms with E-state index in [0.717, 1.165) is 5.56 Å². The number of ether oxygens (including phenoxy) is 2. The lowest BCUT2D eigenvalue weighted by molar-refractivity contribution is 0.294. The van der Waals surface area contributed by atoms with Crippen molar-refractivity contribution in [1.29, 1.82) is 0 Å². The molecule has 0 amide bonds. The van der Waals surface area contributed by atoms with Crippen LogP contribution in [0, 0.1) is 0 Å². The van der Waals surface area contributed by atoms with E-state index in [1.807, 2.05) is 18.2 Å². The lowest BCUT2D eigenvalue weighted by Crippen LogP contribution is -2.11. The van der Waals surface area contributed by atoms with Crippen molar-refractivity contribution in [2.45, 2.75) is 0 Å². The van der Waals surface area contributed by atoms with Crippen LogP contribution in [0.5, 0.6) is 11.5 Å². The summed E-state index contributed by atoms with van der Waals surface area (Å²) in [4.78, 5) is 0. The van der Waals surface area contributed by atoms with Gasteiger partial charge in [0.2, 0.25) is 0 Å². The van der Waals surface area contributed by atoms with E-state index in [9.17, 15) is 0 Å². The van der Waals surface area contributed by atoms with Gasteiger partial charge < -0.3 is 20.0 Å². The maximum Gasteiger partial charge on any atom is 0.161 e. The van der Waals surface area contributed by atoms with E-state index in [2.05, 4.69) is 10.5 Å². The molecule has 0 unspecified atom stereocenters. The molecule has 0 aliphatic carbocycles. The van der Waals surface area contributed by atoms with E-state index < -0.39 is 0 Å². The van der Waals surface area contributed by atoms with E-state index in [4.69, 9.17) is 14.6 Å². The van der Waals surface area contributed by atoms with Crippen LogP contribution in [0.2, 0.25) is 0 Å². The second-order valence-electron chi connectivity index (χ2n) is 3.00. The van der Waals surface area contributed by atoms with Crippen molar-refractivity contribution in [3.63, 3.8) is 0 Å². The number of aliphatic hydroxyl groups is 1. The number of benzene rings is 1. The molecule has 0 aliphatic heterocycles. The van der Waals surface area contributed by atoms with Gasteiger partial charge in [-0.2, -0.15) is 5.10 Å². The van der Waals surface area contributed by atoms with Crippen LogP contribution in [0.25, 0.3) is 0 Å². The highest BCUT2D eigenvalue weighted by molar-refractivity contribution is 5.80. The first-order valence-corrected chi connectivity index (χ1v) is 4.90. The number of hydrogen-bond acceptors (Lipinski definition) is 5. The van der Waals surface area contributed by atoms with E-state index in [1.165, 1.54) is 0 Å². The van der Waals surface area contributed by atoms with Crippen molar-refractivity contribution in [3.05, 3.63) is 23.8 Å². The monoisotopic (exact) mass is 224 g/mol. The second-order valence-corrected chi connectivity index (χ2v) is 3.00. The minimum Gasteiger partial charge on any atom is -0.493 e. The van der Waals surface area contributed by atoms with Crippen LogP contribution in [0.3, 0.4) is 0 Å². The second kappa shape index (κ2) is 6.68.